The van der Waals surface area contributed by atoms with Gasteiger partial charge in [-0.1, -0.05) is 41.1 Å². The van der Waals surface area contributed by atoms with Crippen LogP contribution in [-0.2, 0) is 5.75 Å². The van der Waals surface area contributed by atoms with Crippen molar-refractivity contribution in [1.29, 1.82) is 0 Å². The Morgan fingerprint density at radius 1 is 1.16 bits per heavy atom. The van der Waals surface area contributed by atoms with Gasteiger partial charge in [-0.25, -0.2) is 4.98 Å². The molecule has 0 saturated heterocycles. The molecule has 100 valence electrons. The second-order valence-electron chi connectivity index (χ2n) is 4.39. The monoisotopic (exact) mass is 275 g/mol. The average molecular weight is 275 g/mol. The van der Waals surface area contributed by atoms with E-state index in [4.69, 9.17) is 10.5 Å². The molecule has 0 spiro atoms. The second-order valence-corrected chi connectivity index (χ2v) is 5.35. The van der Waals surface area contributed by atoms with E-state index in [1.54, 1.807) is 18.9 Å². The number of aromatic nitrogens is 2. The third-order valence-electron chi connectivity index (χ3n) is 2.66. The molecular formula is C14H17N3OS. The lowest BCUT2D eigenvalue weighted by molar-refractivity contribution is 0.397. The molecule has 0 bridgehead atoms. The molecule has 2 rings (SSSR count). The van der Waals surface area contributed by atoms with E-state index < -0.39 is 0 Å². The van der Waals surface area contributed by atoms with Crippen LogP contribution in [0.5, 0.6) is 5.88 Å². The molecule has 0 unspecified atom stereocenters. The molecule has 1 aromatic heterocycles. The smallest absolute Gasteiger partial charge is 0.241 e. The first kappa shape index (κ1) is 13.7. The van der Waals surface area contributed by atoms with Crippen molar-refractivity contribution in [1.82, 2.24) is 9.97 Å². The molecule has 2 N–H and O–H groups in total. The quantitative estimate of drug-likeness (QED) is 0.686. The summed E-state index contributed by atoms with van der Waals surface area (Å²) in [6.45, 7) is 4.20. The zero-order valence-electron chi connectivity index (χ0n) is 11.3. The molecule has 2 aromatic rings. The first-order valence-corrected chi connectivity index (χ1v) is 6.93. The summed E-state index contributed by atoms with van der Waals surface area (Å²) in [5.41, 5.74) is 10.2. The van der Waals surface area contributed by atoms with Crippen LogP contribution in [0.4, 0.5) is 5.69 Å². The molecule has 0 amide bonds. The molecule has 19 heavy (non-hydrogen) atoms. The molecule has 0 radical (unpaired) electrons. The number of thioether (sulfide) groups is 1. The summed E-state index contributed by atoms with van der Waals surface area (Å²) >= 11 is 1.59. The summed E-state index contributed by atoms with van der Waals surface area (Å²) in [6.07, 6.45) is 1.47. The van der Waals surface area contributed by atoms with Gasteiger partial charge in [0.25, 0.3) is 0 Å². The van der Waals surface area contributed by atoms with Crippen LogP contribution in [0.3, 0.4) is 0 Å². The summed E-state index contributed by atoms with van der Waals surface area (Å²) in [7, 11) is 1.55. The van der Waals surface area contributed by atoms with Crippen molar-refractivity contribution in [2.45, 2.75) is 24.6 Å². The topological polar surface area (TPSA) is 61.0 Å². The minimum absolute atomic E-state index is 0.429. The first-order valence-electron chi connectivity index (χ1n) is 5.94. The van der Waals surface area contributed by atoms with Crippen molar-refractivity contribution in [3.05, 3.63) is 41.2 Å². The van der Waals surface area contributed by atoms with Gasteiger partial charge >= 0.3 is 0 Å². The van der Waals surface area contributed by atoms with Crippen LogP contribution >= 0.6 is 11.8 Å². The number of hydrogen-bond donors (Lipinski definition) is 1. The molecule has 0 saturated carbocycles. The van der Waals surface area contributed by atoms with Crippen molar-refractivity contribution in [3.8, 4) is 5.88 Å². The lowest BCUT2D eigenvalue weighted by Gasteiger charge is -2.08. The predicted molar refractivity (Wildman–Crippen MR) is 78.5 cm³/mol. The zero-order chi connectivity index (χ0) is 13.8. The van der Waals surface area contributed by atoms with Crippen molar-refractivity contribution < 1.29 is 4.74 Å². The maximum Gasteiger partial charge on any atom is 0.241 e. The summed E-state index contributed by atoms with van der Waals surface area (Å²) < 4.78 is 5.09. The molecule has 0 aliphatic carbocycles. The fourth-order valence-electron chi connectivity index (χ4n) is 1.95. The maximum absolute atomic E-state index is 5.95. The fraction of sp³-hybridized carbons (Fsp3) is 0.286. The molecule has 1 heterocycles. The van der Waals surface area contributed by atoms with Gasteiger partial charge in [-0.15, -0.1) is 0 Å². The standard InChI is InChI=1S/C14H17N3OS/c1-9-4-10(2)6-11(5-9)7-19-14-12(15)13(18-3)16-8-17-14/h4-6,8H,7,15H2,1-3H3. The highest BCUT2D eigenvalue weighted by atomic mass is 32.2. The average Bonchev–Trinajstić information content (AvgIpc) is 2.36. The molecule has 1 aromatic carbocycles. The molecule has 4 nitrogen and oxygen atoms in total. The Morgan fingerprint density at radius 3 is 2.47 bits per heavy atom. The Bertz CT molecular complexity index is 567. The third-order valence-corrected chi connectivity index (χ3v) is 3.74. The Balaban J connectivity index is 2.14. The number of aryl methyl sites for hydroxylation is 2. The summed E-state index contributed by atoms with van der Waals surface area (Å²) in [6, 6.07) is 6.51. The number of anilines is 1. The van der Waals surface area contributed by atoms with Crippen LogP contribution in [-0.4, -0.2) is 17.1 Å². The minimum atomic E-state index is 0.429. The van der Waals surface area contributed by atoms with Gasteiger partial charge in [-0.05, 0) is 19.4 Å². The van der Waals surface area contributed by atoms with Crippen LogP contribution in [0.1, 0.15) is 16.7 Å². The van der Waals surface area contributed by atoms with E-state index in [0.29, 0.717) is 11.6 Å². The highest BCUT2D eigenvalue weighted by Gasteiger charge is 2.09. The van der Waals surface area contributed by atoms with E-state index in [-0.39, 0.29) is 0 Å². The van der Waals surface area contributed by atoms with Gasteiger partial charge in [-0.3, -0.25) is 0 Å². The van der Waals surface area contributed by atoms with Gasteiger partial charge in [0.15, 0.2) is 0 Å². The fourth-order valence-corrected chi connectivity index (χ4v) is 2.78. The first-order chi connectivity index (χ1) is 9.10. The highest BCUT2D eigenvalue weighted by Crippen LogP contribution is 2.30. The number of nitrogens with zero attached hydrogens (tertiary/aromatic N) is 2. The largest absolute Gasteiger partial charge is 0.479 e. The minimum Gasteiger partial charge on any atom is -0.479 e. The highest BCUT2D eigenvalue weighted by molar-refractivity contribution is 7.98. The van der Waals surface area contributed by atoms with E-state index in [1.165, 1.54) is 23.0 Å². The summed E-state index contributed by atoms with van der Waals surface area (Å²) in [4.78, 5) is 8.16. The van der Waals surface area contributed by atoms with Crippen molar-refractivity contribution in [2.24, 2.45) is 0 Å². The van der Waals surface area contributed by atoms with Gasteiger partial charge in [-0.2, -0.15) is 4.98 Å². The van der Waals surface area contributed by atoms with Crippen molar-refractivity contribution in [3.63, 3.8) is 0 Å². The van der Waals surface area contributed by atoms with Crippen LogP contribution in [0.25, 0.3) is 0 Å². The van der Waals surface area contributed by atoms with Gasteiger partial charge in [0.2, 0.25) is 5.88 Å². The normalized spacial score (nSPS) is 10.5. The number of ether oxygens (including phenoxy) is 1. The summed E-state index contributed by atoms with van der Waals surface area (Å²) in [5, 5.41) is 0.756. The van der Waals surface area contributed by atoms with Gasteiger partial charge in [0.05, 0.1) is 7.11 Å². The van der Waals surface area contributed by atoms with E-state index in [2.05, 4.69) is 42.0 Å². The number of hydrogen-bond acceptors (Lipinski definition) is 5. The number of nitrogen functional groups attached to an aromatic ring is 1. The predicted octanol–water partition coefficient (Wildman–Crippen LogP) is 2.98. The molecular weight excluding hydrogens is 258 g/mol. The van der Waals surface area contributed by atoms with Gasteiger partial charge in [0, 0.05) is 5.75 Å². The molecule has 0 aliphatic heterocycles. The third kappa shape index (κ3) is 3.38. The van der Waals surface area contributed by atoms with Crippen LogP contribution in [0, 0.1) is 13.8 Å². The lowest BCUT2D eigenvalue weighted by Crippen LogP contribution is -1.99. The number of nitrogens with two attached hydrogens (primary N) is 1. The Morgan fingerprint density at radius 2 is 1.84 bits per heavy atom. The lowest BCUT2D eigenvalue weighted by atomic mass is 10.1. The van der Waals surface area contributed by atoms with Crippen molar-refractivity contribution >= 4 is 17.4 Å². The maximum atomic E-state index is 5.95. The zero-order valence-corrected chi connectivity index (χ0v) is 12.1. The SMILES string of the molecule is COc1ncnc(SCc2cc(C)cc(C)c2)c1N. The number of rotatable bonds is 4. The Labute approximate surface area is 117 Å². The molecule has 0 atom stereocenters. The Kier molecular flexibility index (Phi) is 4.27. The van der Waals surface area contributed by atoms with E-state index in [9.17, 15) is 0 Å². The van der Waals surface area contributed by atoms with Crippen LogP contribution < -0.4 is 10.5 Å². The van der Waals surface area contributed by atoms with Crippen LogP contribution in [0.15, 0.2) is 29.6 Å². The molecule has 0 aliphatic rings. The number of benzene rings is 1. The van der Waals surface area contributed by atoms with Crippen molar-refractivity contribution in [2.75, 3.05) is 12.8 Å². The summed E-state index contributed by atoms with van der Waals surface area (Å²) in [5.74, 6) is 1.25. The second kappa shape index (κ2) is 5.93. The number of methoxy groups -OCH3 is 1. The molecule has 5 heteroatoms. The van der Waals surface area contributed by atoms with Gasteiger partial charge in [0.1, 0.15) is 17.0 Å². The van der Waals surface area contributed by atoms with E-state index >= 15 is 0 Å². The van der Waals surface area contributed by atoms with E-state index in [1.807, 2.05) is 0 Å². The van der Waals surface area contributed by atoms with Crippen LogP contribution in [0.2, 0.25) is 0 Å². The molecule has 0 fully saturated rings. The van der Waals surface area contributed by atoms with E-state index in [0.717, 1.165) is 10.8 Å². The van der Waals surface area contributed by atoms with Gasteiger partial charge < -0.3 is 10.5 Å². The Hall–Kier alpha value is -1.75.